The molecule has 6 heteroatoms. The molecule has 1 aromatic carbocycles. The molecule has 0 saturated carbocycles. The summed E-state index contributed by atoms with van der Waals surface area (Å²) in [7, 11) is 0. The number of nitrogens with zero attached hydrogens (tertiary/aromatic N) is 1. The highest BCUT2D eigenvalue weighted by atomic mass is 35.5. The fourth-order valence-electron chi connectivity index (χ4n) is 3.04. The van der Waals surface area contributed by atoms with Crippen molar-refractivity contribution in [3.05, 3.63) is 40.7 Å². The quantitative estimate of drug-likeness (QED) is 0.857. The van der Waals surface area contributed by atoms with E-state index in [-0.39, 0.29) is 5.97 Å². The summed E-state index contributed by atoms with van der Waals surface area (Å²) in [6, 6.07) is 7.65. The van der Waals surface area contributed by atoms with E-state index in [1.807, 2.05) is 38.1 Å². The van der Waals surface area contributed by atoms with Gasteiger partial charge in [0.2, 0.25) is 0 Å². The van der Waals surface area contributed by atoms with Gasteiger partial charge >= 0.3 is 5.97 Å². The maximum atomic E-state index is 12.4. The number of esters is 1. The van der Waals surface area contributed by atoms with Crippen LogP contribution in [0.25, 0.3) is 11.1 Å². The summed E-state index contributed by atoms with van der Waals surface area (Å²) in [6.07, 6.45) is 0. The number of H-pyrrole nitrogens is 1. The topological polar surface area (TPSA) is 54.6 Å². The van der Waals surface area contributed by atoms with E-state index in [4.69, 9.17) is 21.1 Å². The third kappa shape index (κ3) is 3.28. The van der Waals surface area contributed by atoms with Crippen molar-refractivity contribution in [2.24, 2.45) is 0 Å². The minimum Gasteiger partial charge on any atom is -0.461 e. The van der Waals surface area contributed by atoms with E-state index >= 15 is 0 Å². The van der Waals surface area contributed by atoms with Crippen LogP contribution >= 0.6 is 11.6 Å². The van der Waals surface area contributed by atoms with Crippen LogP contribution in [-0.2, 0) is 9.47 Å². The Hall–Kier alpha value is -1.98. The monoisotopic (exact) mass is 348 g/mol. The average molecular weight is 349 g/mol. The molecule has 0 bridgehead atoms. The van der Waals surface area contributed by atoms with Gasteiger partial charge < -0.3 is 19.4 Å². The van der Waals surface area contributed by atoms with E-state index in [1.54, 1.807) is 0 Å². The van der Waals surface area contributed by atoms with Crippen molar-refractivity contribution in [1.29, 1.82) is 0 Å². The molecule has 1 aliphatic heterocycles. The first-order chi connectivity index (χ1) is 11.6. The van der Waals surface area contributed by atoms with Crippen LogP contribution in [0, 0.1) is 6.92 Å². The summed E-state index contributed by atoms with van der Waals surface area (Å²) < 4.78 is 10.7. The van der Waals surface area contributed by atoms with Gasteiger partial charge in [-0.05, 0) is 31.5 Å². The number of aryl methyl sites for hydroxylation is 1. The molecule has 2 aromatic rings. The van der Waals surface area contributed by atoms with Crippen LogP contribution < -0.4 is 4.90 Å². The molecular weight excluding hydrogens is 328 g/mol. The summed E-state index contributed by atoms with van der Waals surface area (Å²) in [4.78, 5) is 17.8. The highest BCUT2D eigenvalue weighted by Crippen LogP contribution is 2.38. The normalized spacial score (nSPS) is 14.7. The van der Waals surface area contributed by atoms with E-state index in [1.165, 1.54) is 0 Å². The molecule has 1 aromatic heterocycles. The number of carbonyl (C=O) groups is 1. The van der Waals surface area contributed by atoms with Crippen molar-refractivity contribution in [2.75, 3.05) is 37.8 Å². The summed E-state index contributed by atoms with van der Waals surface area (Å²) in [5, 5.41) is 0.686. The van der Waals surface area contributed by atoms with Gasteiger partial charge in [0.15, 0.2) is 0 Å². The summed E-state index contributed by atoms with van der Waals surface area (Å²) in [5.74, 6) is -0.331. The van der Waals surface area contributed by atoms with Gasteiger partial charge in [-0.15, -0.1) is 0 Å². The molecule has 1 fully saturated rings. The molecule has 2 heterocycles. The Morgan fingerprint density at radius 3 is 2.58 bits per heavy atom. The van der Waals surface area contributed by atoms with E-state index in [2.05, 4.69) is 9.88 Å². The van der Waals surface area contributed by atoms with Crippen LogP contribution in [0.2, 0.25) is 5.02 Å². The summed E-state index contributed by atoms with van der Waals surface area (Å²) >= 11 is 6.02. The lowest BCUT2D eigenvalue weighted by Crippen LogP contribution is -2.37. The minimum atomic E-state index is -0.331. The zero-order chi connectivity index (χ0) is 17.1. The smallest absolute Gasteiger partial charge is 0.356 e. The molecular formula is C18H21ClN2O3. The minimum absolute atomic E-state index is 0.331. The predicted molar refractivity (Wildman–Crippen MR) is 95.0 cm³/mol. The number of aromatic amines is 1. The Kier molecular flexibility index (Phi) is 5.11. The molecule has 0 radical (unpaired) electrons. The number of carbonyl (C=O) groups excluding carboxylic acids is 1. The van der Waals surface area contributed by atoms with Gasteiger partial charge in [-0.25, -0.2) is 4.79 Å². The fourth-order valence-corrected chi connectivity index (χ4v) is 3.16. The first kappa shape index (κ1) is 16.9. The average Bonchev–Trinajstić information content (AvgIpc) is 2.94. The molecule has 3 rings (SSSR count). The van der Waals surface area contributed by atoms with Gasteiger partial charge in [-0.2, -0.15) is 0 Å². The van der Waals surface area contributed by atoms with Crippen LogP contribution in [0.5, 0.6) is 0 Å². The number of aromatic nitrogens is 1. The van der Waals surface area contributed by atoms with E-state index in [9.17, 15) is 4.79 Å². The number of nitrogens with one attached hydrogen (secondary N) is 1. The number of ether oxygens (including phenoxy) is 2. The number of benzene rings is 1. The zero-order valence-corrected chi connectivity index (χ0v) is 14.7. The lowest BCUT2D eigenvalue weighted by molar-refractivity contribution is 0.0520. The third-order valence-corrected chi connectivity index (χ3v) is 4.35. The maximum absolute atomic E-state index is 12.4. The van der Waals surface area contributed by atoms with Crippen molar-refractivity contribution in [3.63, 3.8) is 0 Å². The van der Waals surface area contributed by atoms with Gasteiger partial charge in [0.25, 0.3) is 0 Å². The number of rotatable bonds is 4. The molecule has 0 unspecified atom stereocenters. The molecule has 24 heavy (non-hydrogen) atoms. The highest BCUT2D eigenvalue weighted by molar-refractivity contribution is 6.30. The molecule has 1 aliphatic rings. The number of hydrogen-bond acceptors (Lipinski definition) is 4. The second kappa shape index (κ2) is 7.28. The Balaban J connectivity index is 2.12. The molecule has 1 N–H and O–H groups in total. The van der Waals surface area contributed by atoms with Crippen molar-refractivity contribution < 1.29 is 14.3 Å². The largest absolute Gasteiger partial charge is 0.461 e. The third-order valence-electron chi connectivity index (χ3n) is 4.10. The Labute approximate surface area is 146 Å². The van der Waals surface area contributed by atoms with Gasteiger partial charge in [-0.3, -0.25) is 0 Å². The molecule has 5 nitrogen and oxygen atoms in total. The summed E-state index contributed by atoms with van der Waals surface area (Å²) in [5.41, 5.74) is 4.35. The molecule has 1 saturated heterocycles. The Morgan fingerprint density at radius 2 is 1.96 bits per heavy atom. The van der Waals surface area contributed by atoms with Crippen LogP contribution in [-0.4, -0.2) is 43.9 Å². The van der Waals surface area contributed by atoms with Crippen LogP contribution in [0.3, 0.4) is 0 Å². The van der Waals surface area contributed by atoms with Crippen molar-refractivity contribution in [3.8, 4) is 11.1 Å². The first-order valence-corrected chi connectivity index (χ1v) is 8.48. The van der Waals surface area contributed by atoms with Gasteiger partial charge in [0.1, 0.15) is 5.69 Å². The predicted octanol–water partition coefficient (Wildman–Crippen LogP) is 3.66. The molecule has 0 spiro atoms. The Morgan fingerprint density at radius 1 is 1.29 bits per heavy atom. The SMILES string of the molecule is CCOC(=O)c1[nH]c(C)c(-c2ccc(Cl)cc2)c1N1CCOCC1. The van der Waals surface area contributed by atoms with E-state index in [0.29, 0.717) is 30.5 Å². The standard InChI is InChI=1S/C18H21ClN2O3/c1-3-24-18(22)16-17(21-8-10-23-11-9-21)15(12(2)20-16)13-4-6-14(19)7-5-13/h4-7,20H,3,8-11H2,1-2H3. The van der Waals surface area contributed by atoms with Crippen molar-refractivity contribution >= 4 is 23.3 Å². The second-order valence-electron chi connectivity index (χ2n) is 5.68. The van der Waals surface area contributed by atoms with Gasteiger partial charge in [0, 0.05) is 29.4 Å². The zero-order valence-electron chi connectivity index (χ0n) is 13.9. The summed E-state index contributed by atoms with van der Waals surface area (Å²) in [6.45, 7) is 6.89. The number of hydrogen-bond donors (Lipinski definition) is 1. The molecule has 0 atom stereocenters. The highest BCUT2D eigenvalue weighted by Gasteiger charge is 2.27. The lowest BCUT2D eigenvalue weighted by Gasteiger charge is -2.30. The van der Waals surface area contributed by atoms with E-state index < -0.39 is 0 Å². The number of halogens is 1. The molecule has 0 aliphatic carbocycles. The fraction of sp³-hybridized carbons (Fsp3) is 0.389. The first-order valence-electron chi connectivity index (χ1n) is 8.10. The van der Waals surface area contributed by atoms with E-state index in [0.717, 1.165) is 35.6 Å². The lowest BCUT2D eigenvalue weighted by atomic mass is 10.0. The van der Waals surface area contributed by atoms with Crippen LogP contribution in [0.1, 0.15) is 23.1 Å². The number of morpholine rings is 1. The second-order valence-corrected chi connectivity index (χ2v) is 6.11. The Bertz CT molecular complexity index is 719. The van der Waals surface area contributed by atoms with Gasteiger partial charge in [-0.1, -0.05) is 23.7 Å². The maximum Gasteiger partial charge on any atom is 0.356 e. The van der Waals surface area contributed by atoms with Gasteiger partial charge in [0.05, 0.1) is 25.5 Å². The van der Waals surface area contributed by atoms with Crippen molar-refractivity contribution in [1.82, 2.24) is 4.98 Å². The van der Waals surface area contributed by atoms with Crippen molar-refractivity contribution in [2.45, 2.75) is 13.8 Å². The van der Waals surface area contributed by atoms with Crippen LogP contribution in [0.15, 0.2) is 24.3 Å². The molecule has 0 amide bonds. The van der Waals surface area contributed by atoms with Crippen LogP contribution in [0.4, 0.5) is 5.69 Å². The number of anilines is 1. The molecule has 128 valence electrons.